The molecule has 4 aromatic rings. The van der Waals surface area contributed by atoms with Crippen molar-refractivity contribution in [2.24, 2.45) is 0 Å². The lowest BCUT2D eigenvalue weighted by molar-refractivity contribution is -0.119. The number of carbonyl (C=O) groups is 2. The summed E-state index contributed by atoms with van der Waals surface area (Å²) in [5.74, 6) is 1.38. The molecule has 0 saturated carbocycles. The van der Waals surface area contributed by atoms with Gasteiger partial charge in [-0.2, -0.15) is 4.98 Å². The molecule has 2 aromatic carbocycles. The first-order valence-corrected chi connectivity index (χ1v) is 11.4. The van der Waals surface area contributed by atoms with Crippen LogP contribution in [0.5, 0.6) is 11.6 Å². The molecule has 0 fully saturated rings. The van der Waals surface area contributed by atoms with Crippen LogP contribution in [0, 0.1) is 6.92 Å². The maximum absolute atomic E-state index is 12.4. The number of ether oxygens (including phenoxy) is 1. The standard InChI is InChI=1S/C26H28N6O4/c1-15(32(4)5)24(33)29-17-7-6-8-18(13-17)30-26-28-12-11-22(31-26)36-19-9-10-20-21(14-19)35-16(2)23(20)25(34)27-3/h6-15H,1-5H3,(H,27,34)(H,29,33)(H,28,30,31)/t15-/m0/s1. The summed E-state index contributed by atoms with van der Waals surface area (Å²) < 4.78 is 11.7. The van der Waals surface area contributed by atoms with E-state index in [-0.39, 0.29) is 17.9 Å². The number of amides is 2. The number of nitrogens with one attached hydrogen (secondary N) is 3. The van der Waals surface area contributed by atoms with Crippen LogP contribution in [0.15, 0.2) is 59.1 Å². The van der Waals surface area contributed by atoms with E-state index in [1.807, 2.05) is 44.1 Å². The van der Waals surface area contributed by atoms with Crippen LogP contribution in [0.2, 0.25) is 0 Å². The molecule has 0 aliphatic rings. The summed E-state index contributed by atoms with van der Waals surface area (Å²) in [5.41, 5.74) is 2.40. The third-order valence-electron chi connectivity index (χ3n) is 5.68. The van der Waals surface area contributed by atoms with Gasteiger partial charge in [0.15, 0.2) is 0 Å². The lowest BCUT2D eigenvalue weighted by Gasteiger charge is -2.19. The van der Waals surface area contributed by atoms with Gasteiger partial charge in [-0.15, -0.1) is 0 Å². The van der Waals surface area contributed by atoms with E-state index in [2.05, 4.69) is 25.9 Å². The number of likely N-dealkylation sites (N-methyl/N-ethyl adjacent to an activating group) is 1. The highest BCUT2D eigenvalue weighted by atomic mass is 16.5. The molecule has 0 unspecified atom stereocenters. The monoisotopic (exact) mass is 488 g/mol. The van der Waals surface area contributed by atoms with Crippen molar-refractivity contribution in [3.8, 4) is 11.6 Å². The van der Waals surface area contributed by atoms with Crippen molar-refractivity contribution in [3.63, 3.8) is 0 Å². The van der Waals surface area contributed by atoms with Gasteiger partial charge in [-0.1, -0.05) is 6.07 Å². The number of nitrogens with zero attached hydrogens (tertiary/aromatic N) is 3. The van der Waals surface area contributed by atoms with Crippen LogP contribution in [-0.4, -0.2) is 53.9 Å². The summed E-state index contributed by atoms with van der Waals surface area (Å²) in [6.07, 6.45) is 1.58. The Hall–Kier alpha value is -4.44. The number of aromatic nitrogens is 2. The molecule has 3 N–H and O–H groups in total. The summed E-state index contributed by atoms with van der Waals surface area (Å²) in [4.78, 5) is 35.0. The molecule has 0 bridgehead atoms. The third-order valence-corrected chi connectivity index (χ3v) is 5.68. The molecule has 36 heavy (non-hydrogen) atoms. The number of carbonyl (C=O) groups excluding carboxylic acids is 2. The first-order valence-electron chi connectivity index (χ1n) is 11.4. The zero-order chi connectivity index (χ0) is 25.8. The number of hydrogen-bond donors (Lipinski definition) is 3. The molecule has 186 valence electrons. The van der Waals surface area contributed by atoms with Crippen molar-refractivity contribution in [2.45, 2.75) is 19.9 Å². The van der Waals surface area contributed by atoms with Crippen LogP contribution in [0.3, 0.4) is 0 Å². The molecule has 2 aromatic heterocycles. The number of fused-ring (bicyclic) bond motifs is 1. The van der Waals surface area contributed by atoms with E-state index in [9.17, 15) is 9.59 Å². The predicted molar refractivity (Wildman–Crippen MR) is 138 cm³/mol. The number of rotatable bonds is 8. The molecule has 0 radical (unpaired) electrons. The van der Waals surface area contributed by atoms with Gasteiger partial charge in [0.05, 0.1) is 11.6 Å². The molecule has 0 aliphatic carbocycles. The third kappa shape index (κ3) is 5.44. The first-order chi connectivity index (χ1) is 17.2. The zero-order valence-electron chi connectivity index (χ0n) is 20.7. The second kappa shape index (κ2) is 10.4. The fourth-order valence-electron chi connectivity index (χ4n) is 3.53. The van der Waals surface area contributed by atoms with Crippen molar-refractivity contribution in [1.29, 1.82) is 0 Å². The van der Waals surface area contributed by atoms with Crippen LogP contribution in [0.25, 0.3) is 11.0 Å². The highest BCUT2D eigenvalue weighted by Crippen LogP contribution is 2.31. The van der Waals surface area contributed by atoms with E-state index in [4.69, 9.17) is 9.15 Å². The van der Waals surface area contributed by atoms with Crippen LogP contribution >= 0.6 is 0 Å². The SMILES string of the molecule is CNC(=O)c1c(C)oc2cc(Oc3ccnc(Nc4cccc(NC(=O)[C@H](C)N(C)C)c4)n3)ccc12. The zero-order valence-corrected chi connectivity index (χ0v) is 20.7. The molecule has 0 spiro atoms. The van der Waals surface area contributed by atoms with Crippen LogP contribution in [-0.2, 0) is 4.79 Å². The Bertz CT molecular complexity index is 1410. The van der Waals surface area contributed by atoms with E-state index in [1.165, 1.54) is 0 Å². The minimum absolute atomic E-state index is 0.102. The van der Waals surface area contributed by atoms with E-state index in [0.29, 0.717) is 51.2 Å². The molecule has 0 saturated heterocycles. The Morgan fingerprint density at radius 3 is 2.61 bits per heavy atom. The fourth-order valence-corrected chi connectivity index (χ4v) is 3.53. The first kappa shape index (κ1) is 24.7. The average molecular weight is 489 g/mol. The summed E-state index contributed by atoms with van der Waals surface area (Å²) in [6, 6.07) is 13.9. The van der Waals surface area contributed by atoms with E-state index >= 15 is 0 Å². The average Bonchev–Trinajstić information content (AvgIpc) is 3.18. The number of hydrogen-bond acceptors (Lipinski definition) is 8. The molecule has 10 nitrogen and oxygen atoms in total. The Morgan fingerprint density at radius 1 is 1.08 bits per heavy atom. The van der Waals surface area contributed by atoms with Crippen molar-refractivity contribution in [1.82, 2.24) is 20.2 Å². The van der Waals surface area contributed by atoms with Gasteiger partial charge in [-0.25, -0.2) is 4.98 Å². The fraction of sp³-hybridized carbons (Fsp3) is 0.231. The van der Waals surface area contributed by atoms with Gasteiger partial charge < -0.3 is 25.1 Å². The largest absolute Gasteiger partial charge is 0.460 e. The van der Waals surface area contributed by atoms with Gasteiger partial charge in [-0.3, -0.25) is 14.5 Å². The normalized spacial score (nSPS) is 11.8. The van der Waals surface area contributed by atoms with E-state index in [1.54, 1.807) is 50.5 Å². The predicted octanol–water partition coefficient (Wildman–Crippen LogP) is 4.32. The highest BCUT2D eigenvalue weighted by Gasteiger charge is 2.18. The number of anilines is 3. The molecule has 10 heteroatoms. The van der Waals surface area contributed by atoms with E-state index in [0.717, 1.165) is 0 Å². The van der Waals surface area contributed by atoms with Gasteiger partial charge in [0.1, 0.15) is 17.1 Å². The Kier molecular flexibility index (Phi) is 7.16. The second-order valence-corrected chi connectivity index (χ2v) is 8.43. The summed E-state index contributed by atoms with van der Waals surface area (Å²) in [5, 5.41) is 9.36. The lowest BCUT2D eigenvalue weighted by atomic mass is 10.1. The van der Waals surface area contributed by atoms with Crippen LogP contribution in [0.4, 0.5) is 17.3 Å². The summed E-state index contributed by atoms with van der Waals surface area (Å²) in [6.45, 7) is 3.58. The van der Waals surface area contributed by atoms with Gasteiger partial charge in [-0.05, 0) is 58.3 Å². The Morgan fingerprint density at radius 2 is 1.86 bits per heavy atom. The van der Waals surface area contributed by atoms with E-state index < -0.39 is 0 Å². The van der Waals surface area contributed by atoms with Crippen molar-refractivity contribution in [3.05, 3.63) is 66.1 Å². The Balaban J connectivity index is 1.48. The molecule has 2 heterocycles. The molecular formula is C26H28N6O4. The molecule has 1 atom stereocenters. The minimum Gasteiger partial charge on any atom is -0.460 e. The molecule has 2 amide bonds. The Labute approximate surface area is 208 Å². The van der Waals surface area contributed by atoms with Gasteiger partial charge in [0.25, 0.3) is 5.91 Å². The highest BCUT2D eigenvalue weighted by molar-refractivity contribution is 6.07. The van der Waals surface area contributed by atoms with Crippen LogP contribution < -0.4 is 20.7 Å². The summed E-state index contributed by atoms with van der Waals surface area (Å²) in [7, 11) is 5.28. The molecule has 0 aliphatic heterocycles. The summed E-state index contributed by atoms with van der Waals surface area (Å²) >= 11 is 0. The van der Waals surface area contributed by atoms with Crippen LogP contribution in [0.1, 0.15) is 23.0 Å². The topological polar surface area (TPSA) is 122 Å². The quantitative estimate of drug-likeness (QED) is 0.335. The van der Waals surface area contributed by atoms with Crippen molar-refractivity contribution in [2.75, 3.05) is 31.8 Å². The maximum atomic E-state index is 12.4. The number of benzene rings is 2. The van der Waals surface area contributed by atoms with Crippen molar-refractivity contribution >= 4 is 40.1 Å². The second-order valence-electron chi connectivity index (χ2n) is 8.43. The van der Waals surface area contributed by atoms with Gasteiger partial charge in [0.2, 0.25) is 17.7 Å². The lowest BCUT2D eigenvalue weighted by Crippen LogP contribution is -2.37. The molecule has 4 rings (SSSR count). The van der Waals surface area contributed by atoms with Crippen molar-refractivity contribution < 1.29 is 18.7 Å². The van der Waals surface area contributed by atoms with Gasteiger partial charge >= 0.3 is 0 Å². The van der Waals surface area contributed by atoms with Gasteiger partial charge in [0, 0.05) is 42.1 Å². The number of aryl methyl sites for hydroxylation is 1. The minimum atomic E-state index is -0.265. The number of furan rings is 1. The smallest absolute Gasteiger partial charge is 0.255 e. The molecular weight excluding hydrogens is 460 g/mol. The maximum Gasteiger partial charge on any atom is 0.255 e.